The van der Waals surface area contributed by atoms with E-state index in [1.54, 1.807) is 32.9 Å². The van der Waals surface area contributed by atoms with E-state index in [2.05, 4.69) is 4.90 Å². The second-order valence-corrected chi connectivity index (χ2v) is 13.3. The normalized spacial score (nSPS) is 26.9. The molecule has 2 heterocycles. The lowest BCUT2D eigenvalue weighted by molar-refractivity contribution is -0.175. The number of esters is 3. The number of hydrogen-bond donors (Lipinski definition) is 1. The topological polar surface area (TPSA) is 147 Å². The van der Waals surface area contributed by atoms with Gasteiger partial charge in [-0.3, -0.25) is 9.59 Å². The van der Waals surface area contributed by atoms with E-state index in [0.717, 1.165) is 24.0 Å². The van der Waals surface area contributed by atoms with Crippen LogP contribution in [0.25, 0.3) is 0 Å². The maximum absolute atomic E-state index is 13.2. The van der Waals surface area contributed by atoms with Gasteiger partial charge in [-0.05, 0) is 78.3 Å². The van der Waals surface area contributed by atoms with Gasteiger partial charge in [0.15, 0.2) is 23.7 Å². The lowest BCUT2D eigenvalue weighted by Crippen LogP contribution is -2.74. The van der Waals surface area contributed by atoms with Crippen LogP contribution in [0, 0.1) is 0 Å². The third-order valence-electron chi connectivity index (χ3n) is 9.07. The molecule has 5 rings (SSSR count). The summed E-state index contributed by atoms with van der Waals surface area (Å²) in [5.74, 6) is -1.44. The zero-order valence-corrected chi connectivity index (χ0v) is 26.8. The molecule has 45 heavy (non-hydrogen) atoms. The van der Waals surface area contributed by atoms with Crippen molar-refractivity contribution >= 4 is 24.1 Å². The molecule has 1 aromatic rings. The van der Waals surface area contributed by atoms with Gasteiger partial charge in [0.05, 0.1) is 30.5 Å². The van der Waals surface area contributed by atoms with E-state index in [4.69, 9.17) is 28.4 Å². The van der Waals surface area contributed by atoms with Crippen LogP contribution < -0.4 is 9.47 Å². The van der Waals surface area contributed by atoms with Crippen LogP contribution in [0.3, 0.4) is 0 Å². The number of aliphatic hydroxyl groups is 1. The van der Waals surface area contributed by atoms with E-state index in [1.165, 1.54) is 6.92 Å². The number of rotatable bonds is 10. The average molecular weight is 630 g/mol. The highest BCUT2D eigenvalue weighted by atomic mass is 16.7. The van der Waals surface area contributed by atoms with Crippen molar-refractivity contribution in [3.8, 4) is 11.5 Å². The Labute approximate surface area is 262 Å². The van der Waals surface area contributed by atoms with Crippen LogP contribution in [0.2, 0.25) is 0 Å². The highest BCUT2D eigenvalue weighted by molar-refractivity contribution is 5.82. The van der Waals surface area contributed by atoms with Crippen molar-refractivity contribution in [1.29, 1.82) is 0 Å². The maximum Gasteiger partial charge on any atom is 0.514 e. The van der Waals surface area contributed by atoms with Gasteiger partial charge in [-0.1, -0.05) is 19.4 Å². The Balaban J connectivity index is 1.36. The van der Waals surface area contributed by atoms with Gasteiger partial charge in [0.1, 0.15) is 11.4 Å². The first kappa shape index (κ1) is 32.7. The summed E-state index contributed by atoms with van der Waals surface area (Å²) < 4.78 is 33.6. The molecule has 0 unspecified atom stereocenters. The van der Waals surface area contributed by atoms with Crippen LogP contribution in [-0.2, 0) is 45.2 Å². The van der Waals surface area contributed by atoms with Gasteiger partial charge >= 0.3 is 24.1 Å². The fourth-order valence-corrected chi connectivity index (χ4v) is 6.98. The Morgan fingerprint density at radius 1 is 1.13 bits per heavy atom. The molecule has 2 aliphatic carbocycles. The first-order chi connectivity index (χ1) is 21.2. The van der Waals surface area contributed by atoms with Crippen LogP contribution in [0.5, 0.6) is 11.5 Å². The van der Waals surface area contributed by atoms with E-state index < -0.39 is 52.9 Å². The molecule has 1 fully saturated rings. The number of hydrogen-bond acceptors (Lipinski definition) is 12. The van der Waals surface area contributed by atoms with E-state index in [-0.39, 0.29) is 36.8 Å². The van der Waals surface area contributed by atoms with E-state index in [9.17, 15) is 24.3 Å². The summed E-state index contributed by atoms with van der Waals surface area (Å²) >= 11 is 0. The Hall–Kier alpha value is -3.64. The second-order valence-electron chi connectivity index (χ2n) is 13.3. The fourth-order valence-electron chi connectivity index (χ4n) is 6.98. The molecule has 0 aromatic heterocycles. The van der Waals surface area contributed by atoms with Crippen molar-refractivity contribution in [3.63, 3.8) is 0 Å². The van der Waals surface area contributed by atoms with Crippen molar-refractivity contribution in [2.45, 2.75) is 114 Å². The molecule has 0 radical (unpaired) electrons. The molecule has 246 valence electrons. The van der Waals surface area contributed by atoms with Gasteiger partial charge in [0.25, 0.3) is 0 Å². The van der Waals surface area contributed by atoms with Crippen molar-refractivity contribution in [1.82, 2.24) is 4.90 Å². The van der Waals surface area contributed by atoms with Crippen LogP contribution >= 0.6 is 0 Å². The molecule has 4 aliphatic rings. The molecule has 0 saturated carbocycles. The third-order valence-corrected chi connectivity index (χ3v) is 9.07. The van der Waals surface area contributed by atoms with Gasteiger partial charge < -0.3 is 38.4 Å². The molecule has 2 aliphatic heterocycles. The Bertz CT molecular complexity index is 1400. The summed E-state index contributed by atoms with van der Waals surface area (Å²) in [6.45, 7) is 9.50. The first-order valence-electron chi connectivity index (χ1n) is 15.6. The lowest BCUT2D eigenvalue weighted by Gasteiger charge is -2.61. The number of ether oxygens (including phenoxy) is 6. The summed E-state index contributed by atoms with van der Waals surface area (Å²) in [6.07, 6.45) is 1.04. The number of carbonyl (C=O) groups excluding carboxylic acids is 4. The number of nitrogens with zero attached hydrogens (tertiary/aromatic N) is 1. The largest absolute Gasteiger partial charge is 0.514 e. The standard InChI is InChI=1S/C33H43NO11/c1-7-8-17-40-24(35)11-12-25(36)41-19(2)29(37)42-22-13-14-33(39)23-18-20-9-10-21(43-30(38)45-31(3,4)5)27-26(20)32(33,28(22)44-27)15-16-34(23)6/h9-10,13,19,23,28,39H,7-8,11-12,14-18H2,1-6H3/t19-,23+,28-,32-,33+/m0/s1. The van der Waals surface area contributed by atoms with E-state index in [0.29, 0.717) is 31.7 Å². The molecule has 1 saturated heterocycles. The average Bonchev–Trinajstić information content (AvgIpc) is 3.31. The summed E-state index contributed by atoms with van der Waals surface area (Å²) in [7, 11) is 1.98. The van der Waals surface area contributed by atoms with Gasteiger partial charge in [0.2, 0.25) is 0 Å². The number of likely N-dealkylation sites (N-methyl/N-ethyl adjacent to an activating group) is 1. The highest BCUT2D eigenvalue weighted by Gasteiger charge is 2.72. The first-order valence-corrected chi connectivity index (χ1v) is 15.6. The molecule has 5 atom stereocenters. The number of carbonyl (C=O) groups is 4. The van der Waals surface area contributed by atoms with Crippen LogP contribution in [0.1, 0.15) is 84.3 Å². The third kappa shape index (κ3) is 6.02. The van der Waals surface area contributed by atoms with Gasteiger partial charge in [-0.2, -0.15) is 0 Å². The predicted molar refractivity (Wildman–Crippen MR) is 159 cm³/mol. The second kappa shape index (κ2) is 12.3. The minimum Gasteiger partial charge on any atom is -0.477 e. The van der Waals surface area contributed by atoms with Crippen LogP contribution in [-0.4, -0.2) is 83.7 Å². The Morgan fingerprint density at radius 2 is 1.87 bits per heavy atom. The van der Waals surface area contributed by atoms with Crippen molar-refractivity contribution in [2.75, 3.05) is 20.2 Å². The summed E-state index contributed by atoms with van der Waals surface area (Å²) in [5.41, 5.74) is -1.32. The zero-order chi connectivity index (χ0) is 32.7. The lowest BCUT2D eigenvalue weighted by atomic mass is 9.50. The number of unbranched alkanes of at least 4 members (excludes halogenated alkanes) is 1. The number of likely N-dealkylation sites (tertiary alicyclic amines) is 1. The van der Waals surface area contributed by atoms with Crippen molar-refractivity contribution in [3.05, 3.63) is 35.1 Å². The highest BCUT2D eigenvalue weighted by Crippen LogP contribution is 2.65. The van der Waals surface area contributed by atoms with E-state index >= 15 is 0 Å². The molecule has 1 spiro atoms. The Morgan fingerprint density at radius 3 is 2.58 bits per heavy atom. The summed E-state index contributed by atoms with van der Waals surface area (Å²) in [6, 6.07) is 3.31. The predicted octanol–water partition coefficient (Wildman–Crippen LogP) is 3.88. The van der Waals surface area contributed by atoms with Crippen molar-refractivity contribution < 1.29 is 52.7 Å². The van der Waals surface area contributed by atoms with Gasteiger partial charge in [0, 0.05) is 18.0 Å². The summed E-state index contributed by atoms with van der Waals surface area (Å²) in [4.78, 5) is 52.2. The van der Waals surface area contributed by atoms with E-state index in [1.807, 2.05) is 20.0 Å². The molecule has 1 aromatic carbocycles. The number of benzene rings is 1. The molecular formula is C33H43NO11. The quantitative estimate of drug-likeness (QED) is 0.173. The summed E-state index contributed by atoms with van der Waals surface area (Å²) in [5, 5.41) is 12.4. The van der Waals surface area contributed by atoms with Crippen LogP contribution in [0.4, 0.5) is 4.79 Å². The van der Waals surface area contributed by atoms with Gasteiger partial charge in [-0.25, -0.2) is 9.59 Å². The number of piperidine rings is 1. The minimum atomic E-state index is -1.27. The van der Waals surface area contributed by atoms with Crippen LogP contribution in [0.15, 0.2) is 24.0 Å². The molecule has 0 amide bonds. The van der Waals surface area contributed by atoms with Gasteiger partial charge in [-0.15, -0.1) is 0 Å². The Kier molecular flexibility index (Phi) is 8.93. The smallest absolute Gasteiger partial charge is 0.477 e. The molecule has 2 bridgehead atoms. The molecule has 12 nitrogen and oxygen atoms in total. The monoisotopic (exact) mass is 629 g/mol. The molecule has 12 heteroatoms. The zero-order valence-electron chi connectivity index (χ0n) is 26.8. The molecule has 1 N–H and O–H groups in total. The minimum absolute atomic E-state index is 0.146. The maximum atomic E-state index is 13.2. The SMILES string of the molecule is CCCCOC(=O)CCC(=O)O[C@@H](C)C(=O)OC1=CC[C@@]2(O)[C@H]3Cc4ccc(OC(=O)OC(C)(C)C)c5c4[C@@]2(CCN3C)[C@H]1O5. The fraction of sp³-hybridized carbons (Fsp3) is 0.636. The molecular weight excluding hydrogens is 586 g/mol. The van der Waals surface area contributed by atoms with Crippen molar-refractivity contribution in [2.24, 2.45) is 0 Å².